The van der Waals surface area contributed by atoms with Crippen LogP contribution in [0.4, 0.5) is 5.69 Å². The van der Waals surface area contributed by atoms with Crippen molar-refractivity contribution in [2.24, 2.45) is 0 Å². The molecule has 0 aliphatic heterocycles. The third kappa shape index (κ3) is 3.65. The average molecular weight is 254 g/mol. The molecule has 0 amide bonds. The molecule has 98 valence electrons. The van der Waals surface area contributed by atoms with Crippen LogP contribution in [0.1, 0.15) is 35.0 Å². The maximum absolute atomic E-state index is 11.5. The Morgan fingerprint density at radius 2 is 1.89 bits per heavy atom. The lowest BCUT2D eigenvalue weighted by molar-refractivity contribution is 0.0988. The minimum Gasteiger partial charge on any atom is -0.381 e. The summed E-state index contributed by atoms with van der Waals surface area (Å²) in [4.78, 5) is 15.8. The van der Waals surface area contributed by atoms with Crippen LogP contribution in [0.15, 0.2) is 42.6 Å². The van der Waals surface area contributed by atoms with E-state index in [1.54, 1.807) is 0 Å². The van der Waals surface area contributed by atoms with Gasteiger partial charge in [-0.25, -0.2) is 0 Å². The molecule has 3 nitrogen and oxygen atoms in total. The average Bonchev–Trinajstić information content (AvgIpc) is 2.46. The fourth-order valence-electron chi connectivity index (χ4n) is 1.79. The summed E-state index contributed by atoms with van der Waals surface area (Å²) in [6.07, 6.45) is 2.42. The summed E-state index contributed by atoms with van der Waals surface area (Å²) < 4.78 is 0. The zero-order chi connectivity index (χ0) is 13.7. The molecule has 0 radical (unpaired) electrons. The largest absolute Gasteiger partial charge is 0.381 e. The van der Waals surface area contributed by atoms with Crippen molar-refractivity contribution in [2.75, 3.05) is 5.32 Å². The summed E-state index contributed by atoms with van der Waals surface area (Å²) >= 11 is 0. The monoisotopic (exact) mass is 254 g/mol. The number of rotatable bonds is 5. The van der Waals surface area contributed by atoms with Gasteiger partial charge in [0.1, 0.15) is 0 Å². The van der Waals surface area contributed by atoms with Crippen molar-refractivity contribution >= 4 is 11.5 Å². The number of nitrogens with zero attached hydrogens (tertiary/aromatic N) is 1. The van der Waals surface area contributed by atoms with E-state index in [1.807, 2.05) is 50.4 Å². The number of hydrogen-bond acceptors (Lipinski definition) is 3. The van der Waals surface area contributed by atoms with E-state index in [0.29, 0.717) is 6.42 Å². The molecule has 1 N–H and O–H groups in total. The van der Waals surface area contributed by atoms with Crippen molar-refractivity contribution in [1.29, 1.82) is 0 Å². The van der Waals surface area contributed by atoms with Crippen LogP contribution in [-0.2, 0) is 6.54 Å². The van der Waals surface area contributed by atoms with E-state index in [0.717, 1.165) is 29.1 Å². The minimum absolute atomic E-state index is 0.175. The predicted octanol–water partition coefficient (Wildman–Crippen LogP) is 3.59. The normalized spacial score (nSPS) is 10.2. The second kappa shape index (κ2) is 6.14. The molecule has 2 aromatic rings. The molecule has 2 rings (SSSR count). The van der Waals surface area contributed by atoms with Gasteiger partial charge in [0.15, 0.2) is 5.78 Å². The molecule has 0 unspecified atom stereocenters. The Bertz CT molecular complexity index is 544. The van der Waals surface area contributed by atoms with Crippen LogP contribution in [0.5, 0.6) is 0 Å². The van der Waals surface area contributed by atoms with E-state index in [1.165, 1.54) is 0 Å². The van der Waals surface area contributed by atoms with E-state index in [-0.39, 0.29) is 5.78 Å². The third-order valence-corrected chi connectivity index (χ3v) is 3.00. The molecule has 1 aromatic carbocycles. The first kappa shape index (κ1) is 13.3. The van der Waals surface area contributed by atoms with Gasteiger partial charge in [-0.2, -0.15) is 0 Å². The predicted molar refractivity (Wildman–Crippen MR) is 77.4 cm³/mol. The van der Waals surface area contributed by atoms with E-state index >= 15 is 0 Å². The molecule has 0 aliphatic carbocycles. The molecule has 0 bridgehead atoms. The van der Waals surface area contributed by atoms with E-state index in [4.69, 9.17) is 0 Å². The SMILES string of the molecule is CCC(=O)c1ccc(NCc2ccc(C)nc2)cc1. The lowest BCUT2D eigenvalue weighted by Gasteiger charge is -2.07. The molecule has 0 fully saturated rings. The highest BCUT2D eigenvalue weighted by molar-refractivity contribution is 5.96. The zero-order valence-corrected chi connectivity index (χ0v) is 11.3. The van der Waals surface area contributed by atoms with Crippen molar-refractivity contribution in [1.82, 2.24) is 4.98 Å². The summed E-state index contributed by atoms with van der Waals surface area (Å²) in [5.41, 5.74) is 3.93. The van der Waals surface area contributed by atoms with Gasteiger partial charge in [0.25, 0.3) is 0 Å². The number of aryl methyl sites for hydroxylation is 1. The quantitative estimate of drug-likeness (QED) is 0.829. The number of pyridine rings is 1. The highest BCUT2D eigenvalue weighted by Crippen LogP contribution is 2.12. The number of anilines is 1. The third-order valence-electron chi connectivity index (χ3n) is 3.00. The number of aromatic nitrogens is 1. The van der Waals surface area contributed by atoms with Crippen LogP contribution < -0.4 is 5.32 Å². The zero-order valence-electron chi connectivity index (χ0n) is 11.3. The first-order chi connectivity index (χ1) is 9.19. The fraction of sp³-hybridized carbons (Fsp3) is 0.250. The Morgan fingerprint density at radius 3 is 2.47 bits per heavy atom. The van der Waals surface area contributed by atoms with Crippen molar-refractivity contribution in [3.8, 4) is 0 Å². The molecule has 0 atom stereocenters. The van der Waals surface area contributed by atoms with Crippen molar-refractivity contribution in [2.45, 2.75) is 26.8 Å². The van der Waals surface area contributed by atoms with Gasteiger partial charge in [-0.1, -0.05) is 13.0 Å². The van der Waals surface area contributed by atoms with Crippen LogP contribution >= 0.6 is 0 Å². The molecule has 0 aliphatic rings. The van der Waals surface area contributed by atoms with Gasteiger partial charge in [0.2, 0.25) is 0 Å². The number of benzene rings is 1. The summed E-state index contributed by atoms with van der Waals surface area (Å²) in [6.45, 7) is 4.58. The molecular formula is C16H18N2O. The van der Waals surface area contributed by atoms with Crippen molar-refractivity contribution in [3.05, 3.63) is 59.4 Å². The van der Waals surface area contributed by atoms with Crippen molar-refractivity contribution < 1.29 is 4.79 Å². The molecule has 0 spiro atoms. The van der Waals surface area contributed by atoms with Crippen LogP contribution in [0.2, 0.25) is 0 Å². The Labute approximate surface area is 113 Å². The smallest absolute Gasteiger partial charge is 0.162 e. The topological polar surface area (TPSA) is 42.0 Å². The molecule has 1 heterocycles. The van der Waals surface area contributed by atoms with Crippen molar-refractivity contribution in [3.63, 3.8) is 0 Å². The Hall–Kier alpha value is -2.16. The van der Waals surface area contributed by atoms with Crippen LogP contribution in [-0.4, -0.2) is 10.8 Å². The lowest BCUT2D eigenvalue weighted by Crippen LogP contribution is -2.01. The highest BCUT2D eigenvalue weighted by Gasteiger charge is 2.02. The number of nitrogens with one attached hydrogen (secondary N) is 1. The molecule has 1 aromatic heterocycles. The first-order valence-corrected chi connectivity index (χ1v) is 6.47. The molecular weight excluding hydrogens is 236 g/mol. The van der Waals surface area contributed by atoms with Crippen LogP contribution in [0.3, 0.4) is 0 Å². The minimum atomic E-state index is 0.175. The maximum atomic E-state index is 11.5. The Kier molecular flexibility index (Phi) is 4.29. The lowest BCUT2D eigenvalue weighted by atomic mass is 10.1. The van der Waals surface area contributed by atoms with Crippen LogP contribution in [0.25, 0.3) is 0 Å². The Morgan fingerprint density at radius 1 is 1.16 bits per heavy atom. The molecule has 3 heteroatoms. The number of carbonyl (C=O) groups is 1. The fourth-order valence-corrected chi connectivity index (χ4v) is 1.79. The summed E-state index contributed by atoms with van der Waals surface area (Å²) in [5, 5.41) is 3.31. The van der Waals surface area contributed by atoms with Crippen LogP contribution in [0, 0.1) is 6.92 Å². The first-order valence-electron chi connectivity index (χ1n) is 6.47. The number of carbonyl (C=O) groups excluding carboxylic acids is 1. The number of Topliss-reactive ketones (excluding diaryl/α,β-unsaturated/α-hetero) is 1. The van der Waals surface area contributed by atoms with E-state index < -0.39 is 0 Å². The highest BCUT2D eigenvalue weighted by atomic mass is 16.1. The van der Waals surface area contributed by atoms with Gasteiger partial charge in [0, 0.05) is 36.1 Å². The molecule has 0 saturated carbocycles. The molecule has 19 heavy (non-hydrogen) atoms. The summed E-state index contributed by atoms with van der Waals surface area (Å²) in [5.74, 6) is 0.175. The second-order valence-corrected chi connectivity index (χ2v) is 4.52. The second-order valence-electron chi connectivity index (χ2n) is 4.52. The Balaban J connectivity index is 1.96. The number of hydrogen-bond donors (Lipinski definition) is 1. The summed E-state index contributed by atoms with van der Waals surface area (Å²) in [7, 11) is 0. The van der Waals surface area contributed by atoms with Gasteiger partial charge in [-0.15, -0.1) is 0 Å². The van der Waals surface area contributed by atoms with Gasteiger partial charge >= 0.3 is 0 Å². The molecule has 0 saturated heterocycles. The van der Waals surface area contributed by atoms with Gasteiger partial charge < -0.3 is 5.32 Å². The van der Waals surface area contributed by atoms with Gasteiger partial charge in [-0.05, 0) is 42.8 Å². The standard InChI is InChI=1S/C16H18N2O/c1-3-16(19)14-6-8-15(9-7-14)18-11-13-5-4-12(2)17-10-13/h4-10,18H,3,11H2,1-2H3. The summed E-state index contributed by atoms with van der Waals surface area (Å²) in [6, 6.07) is 11.7. The van der Waals surface area contributed by atoms with E-state index in [2.05, 4.69) is 16.4 Å². The van der Waals surface area contributed by atoms with Gasteiger partial charge in [-0.3, -0.25) is 9.78 Å². The maximum Gasteiger partial charge on any atom is 0.162 e. The van der Waals surface area contributed by atoms with Gasteiger partial charge in [0.05, 0.1) is 0 Å². The van der Waals surface area contributed by atoms with E-state index in [9.17, 15) is 4.79 Å². The number of ketones is 1.